The van der Waals surface area contributed by atoms with E-state index in [4.69, 9.17) is 19.3 Å². The van der Waals surface area contributed by atoms with Gasteiger partial charge in [-0.2, -0.15) is 37.0 Å². The van der Waals surface area contributed by atoms with Gasteiger partial charge in [-0.25, -0.2) is 4.98 Å². The first-order chi connectivity index (χ1) is 33.9. The Kier molecular flexibility index (Phi) is 10.0. The Hall–Kier alpha value is -5.64. The fraction of sp³-hybridized carbons (Fsp3) is 0.276. The molecule has 0 aliphatic carbocycles. The summed E-state index contributed by atoms with van der Waals surface area (Å²) in [5.74, 6) is -2.06. The van der Waals surface area contributed by atoms with E-state index in [0.29, 0.717) is 29.8 Å². The zero-order chi connectivity index (χ0) is 51.6. The first kappa shape index (κ1) is 34.7. The number of para-hydroxylation sites is 3. The van der Waals surface area contributed by atoms with E-state index in [1.165, 1.54) is 11.6 Å². The fourth-order valence-corrected chi connectivity index (χ4v) is 8.59. The first-order valence-electron chi connectivity index (χ1n) is 26.2. The standard InChI is InChI=1S/C58H59N4O.Pt/c1-40(2)33-42-19-15-23-48(43-18-14-20-44(35-43)57(3,4)5)49(42)24-16-32-60-39-61(54-27-12-11-26-53(54)60)46-21-13-17-41(34-46)38-63-47-28-29-51-50-22-9-10-25-52(50)62(55(51)37-47)56-36-45(30-31-59-56)58(6,7)8;/h9-15,17-23,25-31,35-36,39-40H,16,24,32-33,38H2,1-8H3;/q-3;/i1D3,2D3,33D2,40D;. The quantitative estimate of drug-likeness (QED) is 0.114. The Bertz CT molecular complexity index is 3280. The minimum Gasteiger partial charge on any atom is -0.517 e. The van der Waals surface area contributed by atoms with Crippen molar-refractivity contribution in [2.45, 2.75) is 91.9 Å². The molecule has 0 unspecified atom stereocenters. The van der Waals surface area contributed by atoms with Gasteiger partial charge in [-0.15, -0.1) is 28.8 Å². The maximum Gasteiger partial charge on any atom is 0.135 e. The molecule has 6 heteroatoms. The van der Waals surface area contributed by atoms with Crippen LogP contribution < -0.4 is 14.5 Å². The summed E-state index contributed by atoms with van der Waals surface area (Å²) in [7, 11) is 0. The summed E-state index contributed by atoms with van der Waals surface area (Å²) in [6.45, 7) is 8.66. The molecule has 9 rings (SSSR count). The SMILES string of the molecule is [2H]C([2H])([2H])C([2H])(C([2H])([2H])[2H])C([2H])([2H])c1cccc(-c2cccc(C(C)(C)C)c2)c1CCCN1[CH-]N(c2[c-]c(COc3[c-]c4c(cc3)c3ccccc3n4-c3cc(C(C)(C)C)ccn3)ccc2)c2ccccc21.[Pt]. The summed E-state index contributed by atoms with van der Waals surface area (Å²) >= 11 is 0. The Labute approximate surface area is 408 Å². The molecule has 0 bridgehead atoms. The van der Waals surface area contributed by atoms with Gasteiger partial charge in [0.15, 0.2) is 0 Å². The number of benzene rings is 6. The number of fused-ring (bicyclic) bond motifs is 4. The van der Waals surface area contributed by atoms with Crippen molar-refractivity contribution < 1.29 is 38.1 Å². The van der Waals surface area contributed by atoms with Gasteiger partial charge >= 0.3 is 0 Å². The van der Waals surface area contributed by atoms with E-state index in [9.17, 15) is 2.74 Å². The van der Waals surface area contributed by atoms with Gasteiger partial charge in [0.05, 0.1) is 6.61 Å². The second-order valence-electron chi connectivity index (χ2n) is 18.4. The normalized spacial score (nSPS) is 15.8. The van der Waals surface area contributed by atoms with Crippen LogP contribution in [0, 0.1) is 24.7 Å². The number of pyridine rings is 1. The predicted octanol–water partition coefficient (Wildman–Crippen LogP) is 14.5. The van der Waals surface area contributed by atoms with Crippen LogP contribution in [0.3, 0.4) is 0 Å². The minimum absolute atomic E-state index is 0. The second-order valence-corrected chi connectivity index (χ2v) is 18.4. The Morgan fingerprint density at radius 3 is 2.33 bits per heavy atom. The van der Waals surface area contributed by atoms with Crippen LogP contribution in [0.4, 0.5) is 17.1 Å². The minimum atomic E-state index is -3.48. The Morgan fingerprint density at radius 2 is 1.52 bits per heavy atom. The Balaban J connectivity index is 0.00000711. The molecular formula is C58H59N4OPt-3. The van der Waals surface area contributed by atoms with Crippen molar-refractivity contribution >= 4 is 38.9 Å². The molecule has 0 saturated carbocycles. The van der Waals surface area contributed by atoms with Gasteiger partial charge in [-0.1, -0.05) is 134 Å². The number of hydrogen-bond acceptors (Lipinski definition) is 4. The van der Waals surface area contributed by atoms with Gasteiger partial charge in [0, 0.05) is 62.2 Å². The van der Waals surface area contributed by atoms with E-state index in [1.807, 2.05) is 104 Å². The van der Waals surface area contributed by atoms with Gasteiger partial charge in [0.2, 0.25) is 0 Å². The molecule has 8 aromatic rings. The van der Waals surface area contributed by atoms with Crippen molar-refractivity contribution in [3.8, 4) is 22.7 Å². The van der Waals surface area contributed by atoms with Crippen molar-refractivity contribution in [2.75, 3.05) is 16.3 Å². The van der Waals surface area contributed by atoms with Crippen LogP contribution in [-0.4, -0.2) is 16.1 Å². The molecule has 1 aliphatic rings. The van der Waals surface area contributed by atoms with E-state index in [2.05, 4.69) is 98.4 Å². The molecule has 330 valence electrons. The topological polar surface area (TPSA) is 33.5 Å². The summed E-state index contributed by atoms with van der Waals surface area (Å²) in [5.41, 5.74) is 9.19. The summed E-state index contributed by atoms with van der Waals surface area (Å²) in [6, 6.07) is 50.5. The molecule has 0 N–H and O–H groups in total. The molecule has 2 aromatic heterocycles. The molecule has 0 fully saturated rings. The average molecular weight is 1030 g/mol. The van der Waals surface area contributed by atoms with Gasteiger partial charge in [0.1, 0.15) is 5.82 Å². The molecule has 5 nitrogen and oxygen atoms in total. The smallest absolute Gasteiger partial charge is 0.135 e. The fourth-order valence-electron chi connectivity index (χ4n) is 8.59. The van der Waals surface area contributed by atoms with Gasteiger partial charge in [0.25, 0.3) is 0 Å². The maximum absolute atomic E-state index is 9.33. The molecule has 0 radical (unpaired) electrons. The monoisotopic (exact) mass is 1030 g/mol. The predicted molar refractivity (Wildman–Crippen MR) is 263 cm³/mol. The molecule has 0 saturated heterocycles. The zero-order valence-electron chi connectivity index (χ0n) is 46.2. The van der Waals surface area contributed by atoms with E-state index >= 15 is 0 Å². The van der Waals surface area contributed by atoms with Gasteiger partial charge in [-0.3, -0.25) is 0 Å². The summed E-state index contributed by atoms with van der Waals surface area (Å²) in [6.07, 6.45) is -0.509. The largest absolute Gasteiger partial charge is 0.517 e. The van der Waals surface area contributed by atoms with Crippen LogP contribution in [-0.2, 0) is 51.3 Å². The molecule has 3 heterocycles. The van der Waals surface area contributed by atoms with Crippen LogP contribution in [0.25, 0.3) is 38.8 Å². The maximum atomic E-state index is 9.33. The number of aromatic nitrogens is 2. The van der Waals surface area contributed by atoms with Crippen LogP contribution in [0.2, 0.25) is 0 Å². The molecule has 1 aliphatic heterocycles. The second kappa shape index (κ2) is 18.5. The first-order valence-corrected chi connectivity index (χ1v) is 21.7. The van der Waals surface area contributed by atoms with E-state index in [1.54, 1.807) is 6.07 Å². The molecule has 0 amide bonds. The van der Waals surface area contributed by atoms with Crippen molar-refractivity contribution in [3.63, 3.8) is 0 Å². The van der Waals surface area contributed by atoms with E-state index in [0.717, 1.165) is 61.4 Å². The van der Waals surface area contributed by atoms with Crippen LogP contribution in [0.1, 0.15) is 102 Å². The number of ether oxygens (including phenoxy) is 1. The van der Waals surface area contributed by atoms with Crippen molar-refractivity contribution in [1.82, 2.24) is 9.55 Å². The molecule has 6 aromatic carbocycles. The summed E-state index contributed by atoms with van der Waals surface area (Å²) < 4.78 is 85.7. The average Bonchev–Trinajstić information content (AvgIpc) is 3.87. The zero-order valence-corrected chi connectivity index (χ0v) is 39.5. The van der Waals surface area contributed by atoms with E-state index < -0.39 is 26.0 Å². The third-order valence-corrected chi connectivity index (χ3v) is 11.9. The molecule has 0 atom stereocenters. The van der Waals surface area contributed by atoms with Gasteiger partial charge in [-0.05, 0) is 112 Å². The third-order valence-electron chi connectivity index (χ3n) is 11.9. The molecular weight excluding hydrogens is 964 g/mol. The van der Waals surface area contributed by atoms with Crippen LogP contribution in [0.15, 0.2) is 140 Å². The Morgan fingerprint density at radius 1 is 0.766 bits per heavy atom. The number of anilines is 3. The van der Waals surface area contributed by atoms with Crippen LogP contribution >= 0.6 is 0 Å². The summed E-state index contributed by atoms with van der Waals surface area (Å²) in [4.78, 5) is 9.01. The van der Waals surface area contributed by atoms with Crippen LogP contribution in [0.5, 0.6) is 5.75 Å². The summed E-state index contributed by atoms with van der Waals surface area (Å²) in [5, 5.41) is 2.16. The number of rotatable bonds is 12. The van der Waals surface area contributed by atoms with Crippen molar-refractivity contribution in [3.05, 3.63) is 186 Å². The van der Waals surface area contributed by atoms with Crippen molar-refractivity contribution in [2.24, 2.45) is 5.89 Å². The molecule has 0 spiro atoms. The third kappa shape index (κ3) is 9.29. The van der Waals surface area contributed by atoms with Gasteiger partial charge < -0.3 is 19.1 Å². The molecule has 64 heavy (non-hydrogen) atoms. The number of nitrogens with zero attached hydrogens (tertiary/aromatic N) is 4. The number of hydrogen-bond donors (Lipinski definition) is 0. The van der Waals surface area contributed by atoms with E-state index in [-0.39, 0.29) is 50.5 Å². The van der Waals surface area contributed by atoms with Crippen molar-refractivity contribution in [1.29, 1.82) is 0 Å².